The van der Waals surface area contributed by atoms with Gasteiger partial charge in [0, 0.05) is 20.6 Å². The monoisotopic (exact) mass is 286 g/mol. The van der Waals surface area contributed by atoms with Gasteiger partial charge < -0.3 is 10.1 Å². The molecule has 1 rings (SSSR count). The summed E-state index contributed by atoms with van der Waals surface area (Å²) in [6.45, 7) is 0.437. The largest absolute Gasteiger partial charge is 0.453 e. The van der Waals surface area contributed by atoms with E-state index >= 15 is 0 Å². The maximum Gasteiger partial charge on any atom is 0.406 e. The van der Waals surface area contributed by atoms with Crippen LogP contribution in [0, 0.1) is 0 Å². The number of nitrogens with one attached hydrogen (secondary N) is 1. The summed E-state index contributed by atoms with van der Waals surface area (Å²) in [5, 5.41) is 2.56. The number of carbonyl (C=O) groups excluding carboxylic acids is 1. The standard InChI is InChI=1S/C12H18N2O4S/c1-14(2)19(16,17)11-6-4-10(5-7-11)8-9-13-12(15)18-3/h4-7H,8-9H2,1-3H3,(H,13,15). The number of ether oxygens (including phenoxy) is 1. The van der Waals surface area contributed by atoms with Gasteiger partial charge in [0.05, 0.1) is 12.0 Å². The topological polar surface area (TPSA) is 75.7 Å². The van der Waals surface area contributed by atoms with E-state index in [0.29, 0.717) is 13.0 Å². The van der Waals surface area contributed by atoms with Crippen molar-refractivity contribution in [1.82, 2.24) is 9.62 Å². The van der Waals surface area contributed by atoms with E-state index in [2.05, 4.69) is 10.1 Å². The van der Waals surface area contributed by atoms with E-state index in [1.807, 2.05) is 0 Å². The minimum atomic E-state index is -3.39. The van der Waals surface area contributed by atoms with Crippen LogP contribution in [-0.4, -0.2) is 46.6 Å². The number of sulfonamides is 1. The highest BCUT2D eigenvalue weighted by Crippen LogP contribution is 2.14. The predicted octanol–water partition coefficient (Wildman–Crippen LogP) is 0.835. The SMILES string of the molecule is COC(=O)NCCc1ccc(S(=O)(=O)N(C)C)cc1. The Labute approximate surface area is 113 Å². The Balaban J connectivity index is 2.65. The van der Waals surface area contributed by atoms with Crippen LogP contribution in [0.4, 0.5) is 4.79 Å². The Morgan fingerprint density at radius 2 is 1.84 bits per heavy atom. The Hall–Kier alpha value is -1.60. The lowest BCUT2D eigenvalue weighted by molar-refractivity contribution is 0.171. The van der Waals surface area contributed by atoms with Crippen molar-refractivity contribution in [3.8, 4) is 0 Å². The second-order valence-corrected chi connectivity index (χ2v) is 6.25. The number of alkyl carbamates (subject to hydrolysis) is 1. The fourth-order valence-electron chi connectivity index (χ4n) is 1.42. The van der Waals surface area contributed by atoms with Crippen LogP contribution in [-0.2, 0) is 21.2 Å². The Morgan fingerprint density at radius 1 is 1.26 bits per heavy atom. The van der Waals surface area contributed by atoms with Gasteiger partial charge in [-0.05, 0) is 24.1 Å². The number of benzene rings is 1. The van der Waals surface area contributed by atoms with Crippen LogP contribution < -0.4 is 5.32 Å². The molecule has 0 aliphatic rings. The zero-order valence-corrected chi connectivity index (χ0v) is 12.0. The number of hydrogen-bond acceptors (Lipinski definition) is 4. The molecular formula is C12H18N2O4S. The van der Waals surface area contributed by atoms with Crippen molar-refractivity contribution in [3.63, 3.8) is 0 Å². The van der Waals surface area contributed by atoms with Crippen molar-refractivity contribution in [1.29, 1.82) is 0 Å². The van der Waals surface area contributed by atoms with Crippen LogP contribution in [0.1, 0.15) is 5.56 Å². The third-order valence-electron chi connectivity index (χ3n) is 2.57. The normalized spacial score (nSPS) is 11.4. The lowest BCUT2D eigenvalue weighted by Gasteiger charge is -2.11. The molecule has 0 bridgehead atoms. The minimum Gasteiger partial charge on any atom is -0.453 e. The molecule has 6 nitrogen and oxygen atoms in total. The van der Waals surface area contributed by atoms with Crippen LogP contribution >= 0.6 is 0 Å². The second-order valence-electron chi connectivity index (χ2n) is 4.10. The third kappa shape index (κ3) is 4.22. The van der Waals surface area contributed by atoms with E-state index < -0.39 is 16.1 Å². The maximum absolute atomic E-state index is 11.8. The number of hydrogen-bond donors (Lipinski definition) is 1. The molecule has 0 fully saturated rings. The molecule has 0 saturated heterocycles. The molecule has 1 aromatic rings. The first-order valence-corrected chi connectivity index (χ1v) is 7.15. The van der Waals surface area contributed by atoms with Gasteiger partial charge in [0.25, 0.3) is 0 Å². The van der Waals surface area contributed by atoms with Gasteiger partial charge in [-0.3, -0.25) is 0 Å². The van der Waals surface area contributed by atoms with E-state index in [1.54, 1.807) is 24.3 Å². The molecule has 0 aliphatic heterocycles. The van der Waals surface area contributed by atoms with Gasteiger partial charge in [-0.2, -0.15) is 0 Å². The molecule has 106 valence electrons. The first-order chi connectivity index (χ1) is 8.87. The quantitative estimate of drug-likeness (QED) is 0.870. The fourth-order valence-corrected chi connectivity index (χ4v) is 2.32. The number of methoxy groups -OCH3 is 1. The van der Waals surface area contributed by atoms with Gasteiger partial charge in [0.1, 0.15) is 0 Å². The van der Waals surface area contributed by atoms with Crippen LogP contribution in [0.15, 0.2) is 29.2 Å². The van der Waals surface area contributed by atoms with Gasteiger partial charge >= 0.3 is 6.09 Å². The lowest BCUT2D eigenvalue weighted by Crippen LogP contribution is -2.25. The zero-order valence-electron chi connectivity index (χ0n) is 11.2. The fraction of sp³-hybridized carbons (Fsp3) is 0.417. The van der Waals surface area contributed by atoms with Gasteiger partial charge in [-0.1, -0.05) is 12.1 Å². The maximum atomic E-state index is 11.8. The van der Waals surface area contributed by atoms with E-state index in [0.717, 1.165) is 5.56 Å². The molecule has 1 amide bonds. The number of rotatable bonds is 5. The molecule has 0 heterocycles. The summed E-state index contributed by atoms with van der Waals surface area (Å²) in [4.78, 5) is 11.1. The van der Waals surface area contributed by atoms with Crippen molar-refractivity contribution in [3.05, 3.63) is 29.8 Å². The van der Waals surface area contributed by atoms with Gasteiger partial charge in [-0.15, -0.1) is 0 Å². The molecule has 0 saturated carbocycles. The lowest BCUT2D eigenvalue weighted by atomic mass is 10.1. The van der Waals surface area contributed by atoms with E-state index in [1.165, 1.54) is 25.5 Å². The highest BCUT2D eigenvalue weighted by Gasteiger charge is 2.16. The first-order valence-electron chi connectivity index (χ1n) is 5.71. The van der Waals surface area contributed by atoms with E-state index in [9.17, 15) is 13.2 Å². The van der Waals surface area contributed by atoms with Crippen LogP contribution in [0.3, 0.4) is 0 Å². The van der Waals surface area contributed by atoms with Gasteiger partial charge in [0.15, 0.2) is 0 Å². The van der Waals surface area contributed by atoms with Crippen molar-refractivity contribution < 1.29 is 17.9 Å². The number of amides is 1. The minimum absolute atomic E-state index is 0.252. The highest BCUT2D eigenvalue weighted by atomic mass is 32.2. The van der Waals surface area contributed by atoms with Crippen LogP contribution in [0.25, 0.3) is 0 Å². The average molecular weight is 286 g/mol. The van der Waals surface area contributed by atoms with Gasteiger partial charge in [0.2, 0.25) is 10.0 Å². The molecule has 0 spiro atoms. The molecule has 7 heteroatoms. The molecule has 0 unspecified atom stereocenters. The summed E-state index contributed by atoms with van der Waals surface area (Å²) in [6.07, 6.45) is 0.129. The summed E-state index contributed by atoms with van der Waals surface area (Å²) in [5.41, 5.74) is 0.939. The van der Waals surface area contributed by atoms with Crippen molar-refractivity contribution in [2.24, 2.45) is 0 Å². The molecule has 0 aromatic heterocycles. The van der Waals surface area contributed by atoms with Crippen molar-refractivity contribution >= 4 is 16.1 Å². The van der Waals surface area contributed by atoms with E-state index in [-0.39, 0.29) is 4.90 Å². The summed E-state index contributed by atoms with van der Waals surface area (Å²) in [7, 11) is 0.893. The Morgan fingerprint density at radius 3 is 2.32 bits per heavy atom. The summed E-state index contributed by atoms with van der Waals surface area (Å²) >= 11 is 0. The van der Waals surface area contributed by atoms with Crippen LogP contribution in [0.2, 0.25) is 0 Å². The first kappa shape index (κ1) is 15.5. The highest BCUT2D eigenvalue weighted by molar-refractivity contribution is 7.89. The average Bonchev–Trinajstić information content (AvgIpc) is 2.39. The molecule has 19 heavy (non-hydrogen) atoms. The van der Waals surface area contributed by atoms with Crippen molar-refractivity contribution in [2.75, 3.05) is 27.7 Å². The predicted molar refractivity (Wildman–Crippen MR) is 71.4 cm³/mol. The number of carbonyl (C=O) groups is 1. The van der Waals surface area contributed by atoms with Crippen molar-refractivity contribution in [2.45, 2.75) is 11.3 Å². The number of nitrogens with zero attached hydrogens (tertiary/aromatic N) is 1. The summed E-state index contributed by atoms with van der Waals surface area (Å²) in [6, 6.07) is 6.58. The Bertz CT molecular complexity index is 523. The smallest absolute Gasteiger partial charge is 0.406 e. The molecule has 0 atom stereocenters. The van der Waals surface area contributed by atoms with E-state index in [4.69, 9.17) is 0 Å². The van der Waals surface area contributed by atoms with Crippen LogP contribution in [0.5, 0.6) is 0 Å². The van der Waals surface area contributed by atoms with Gasteiger partial charge in [-0.25, -0.2) is 17.5 Å². The second kappa shape index (κ2) is 6.53. The Kier molecular flexibility index (Phi) is 5.31. The molecule has 0 radical (unpaired) electrons. The molecule has 0 aliphatic carbocycles. The zero-order chi connectivity index (χ0) is 14.5. The third-order valence-corrected chi connectivity index (χ3v) is 4.40. The molecular weight excluding hydrogens is 268 g/mol. The summed E-state index contributed by atoms with van der Waals surface area (Å²) < 4.78 is 29.3. The molecule has 1 N–H and O–H groups in total. The molecule has 1 aromatic carbocycles. The summed E-state index contributed by atoms with van der Waals surface area (Å²) in [5.74, 6) is 0.